The molecule has 0 saturated heterocycles. The van der Waals surface area contributed by atoms with Crippen molar-refractivity contribution in [2.24, 2.45) is 0 Å². The number of thiophene rings is 1. The lowest BCUT2D eigenvalue weighted by atomic mass is 10.1. The lowest BCUT2D eigenvalue weighted by Gasteiger charge is -2.22. The van der Waals surface area contributed by atoms with E-state index in [-0.39, 0.29) is 0 Å². The highest BCUT2D eigenvalue weighted by Gasteiger charge is 2.18. The van der Waals surface area contributed by atoms with Gasteiger partial charge >= 0.3 is 0 Å². The van der Waals surface area contributed by atoms with Crippen molar-refractivity contribution in [1.29, 1.82) is 0 Å². The van der Waals surface area contributed by atoms with E-state index in [4.69, 9.17) is 4.52 Å². The van der Waals surface area contributed by atoms with Gasteiger partial charge in [-0.15, -0.1) is 11.3 Å². The van der Waals surface area contributed by atoms with E-state index in [0.717, 1.165) is 24.5 Å². The summed E-state index contributed by atoms with van der Waals surface area (Å²) in [5.74, 6) is 1.33. The fraction of sp³-hybridized carbons (Fsp3) is 0.250. The number of nitrogens with zero attached hydrogens (tertiary/aromatic N) is 3. The average Bonchev–Trinajstić information content (AvgIpc) is 3.18. The van der Waals surface area contributed by atoms with Gasteiger partial charge in [0.05, 0.1) is 11.4 Å². The molecule has 1 aliphatic rings. The number of nitrogens with one attached hydrogen (secondary N) is 1. The first-order valence-corrected chi connectivity index (χ1v) is 8.18. The van der Waals surface area contributed by atoms with Gasteiger partial charge in [-0.05, 0) is 23.1 Å². The highest BCUT2D eigenvalue weighted by Crippen LogP contribution is 2.25. The highest BCUT2D eigenvalue weighted by atomic mass is 32.1. The van der Waals surface area contributed by atoms with Crippen LogP contribution in [0.3, 0.4) is 0 Å². The Bertz CT molecular complexity index is 753. The molecule has 6 heteroatoms. The van der Waals surface area contributed by atoms with Crippen molar-refractivity contribution >= 4 is 17.0 Å². The minimum absolute atomic E-state index is 0.636. The van der Waals surface area contributed by atoms with Gasteiger partial charge in [0.2, 0.25) is 11.7 Å². The summed E-state index contributed by atoms with van der Waals surface area (Å²) >= 11 is 1.62. The largest absolute Gasteiger partial charge is 0.361 e. The maximum Gasteiger partial charge on any atom is 0.246 e. The van der Waals surface area contributed by atoms with E-state index in [0.29, 0.717) is 18.3 Å². The van der Waals surface area contributed by atoms with E-state index in [1.807, 2.05) is 17.5 Å². The molecule has 0 fully saturated rings. The van der Waals surface area contributed by atoms with Gasteiger partial charge in [0.15, 0.2) is 0 Å². The van der Waals surface area contributed by atoms with Crippen LogP contribution in [0.4, 0.5) is 5.69 Å². The zero-order valence-corrected chi connectivity index (χ0v) is 12.8. The number of para-hydroxylation sites is 1. The van der Waals surface area contributed by atoms with Gasteiger partial charge < -0.3 is 14.7 Å². The van der Waals surface area contributed by atoms with E-state index in [1.54, 1.807) is 11.3 Å². The third-order valence-electron chi connectivity index (χ3n) is 3.74. The summed E-state index contributed by atoms with van der Waals surface area (Å²) in [7, 11) is 0. The lowest BCUT2D eigenvalue weighted by Crippen LogP contribution is -2.28. The molecule has 0 saturated carbocycles. The lowest BCUT2D eigenvalue weighted by molar-refractivity contribution is 0.376. The van der Waals surface area contributed by atoms with Gasteiger partial charge in [-0.25, -0.2) is 0 Å². The molecule has 5 nitrogen and oxygen atoms in total. The maximum atomic E-state index is 5.43. The Balaban J connectivity index is 1.58. The van der Waals surface area contributed by atoms with E-state index < -0.39 is 0 Å². The summed E-state index contributed by atoms with van der Waals surface area (Å²) in [6.45, 7) is 3.41. The normalized spacial score (nSPS) is 14.6. The first kappa shape index (κ1) is 13.5. The Labute approximate surface area is 132 Å². The van der Waals surface area contributed by atoms with E-state index in [1.165, 1.54) is 11.3 Å². The molecule has 3 heterocycles. The highest BCUT2D eigenvalue weighted by molar-refractivity contribution is 7.13. The van der Waals surface area contributed by atoms with Gasteiger partial charge in [0, 0.05) is 25.3 Å². The molecule has 0 bridgehead atoms. The van der Waals surface area contributed by atoms with Crippen LogP contribution in [0.2, 0.25) is 0 Å². The van der Waals surface area contributed by atoms with Crippen molar-refractivity contribution in [3.05, 3.63) is 53.2 Å². The molecule has 3 aromatic rings. The van der Waals surface area contributed by atoms with Gasteiger partial charge in [0.25, 0.3) is 0 Å². The van der Waals surface area contributed by atoms with E-state index in [2.05, 4.69) is 44.6 Å². The van der Waals surface area contributed by atoms with Crippen LogP contribution in [0.1, 0.15) is 11.5 Å². The minimum atomic E-state index is 0.636. The van der Waals surface area contributed by atoms with Gasteiger partial charge in [-0.3, -0.25) is 0 Å². The zero-order valence-electron chi connectivity index (χ0n) is 12.0. The quantitative estimate of drug-likeness (QED) is 0.806. The van der Waals surface area contributed by atoms with Crippen LogP contribution in [-0.2, 0) is 13.1 Å². The number of rotatable bonds is 3. The first-order chi connectivity index (χ1) is 10.9. The van der Waals surface area contributed by atoms with Crippen LogP contribution in [0.5, 0.6) is 0 Å². The molecular weight excluding hydrogens is 296 g/mol. The fourth-order valence-corrected chi connectivity index (χ4v) is 3.33. The monoisotopic (exact) mass is 312 g/mol. The summed E-state index contributed by atoms with van der Waals surface area (Å²) in [4.78, 5) is 7.85. The summed E-state index contributed by atoms with van der Waals surface area (Å²) < 4.78 is 5.43. The number of fused-ring (bicyclic) bond motifs is 1. The molecule has 0 radical (unpaired) electrons. The third-order valence-corrected chi connectivity index (χ3v) is 4.61. The fourth-order valence-electron chi connectivity index (χ4n) is 2.68. The molecule has 22 heavy (non-hydrogen) atoms. The second-order valence-corrected chi connectivity index (χ2v) is 6.16. The second-order valence-electron chi connectivity index (χ2n) is 5.22. The predicted molar refractivity (Wildman–Crippen MR) is 86.8 cm³/mol. The van der Waals surface area contributed by atoms with Crippen LogP contribution >= 0.6 is 11.3 Å². The van der Waals surface area contributed by atoms with Crippen LogP contribution in [-0.4, -0.2) is 23.2 Å². The Morgan fingerprint density at radius 1 is 1.23 bits per heavy atom. The first-order valence-electron chi connectivity index (χ1n) is 7.30. The van der Waals surface area contributed by atoms with Crippen molar-refractivity contribution in [2.75, 3.05) is 18.0 Å². The molecular formula is C16H16N4OS. The maximum absolute atomic E-state index is 5.43. The number of hydrogen-bond acceptors (Lipinski definition) is 6. The van der Waals surface area contributed by atoms with Crippen molar-refractivity contribution < 1.29 is 4.52 Å². The van der Waals surface area contributed by atoms with Gasteiger partial charge in [-0.1, -0.05) is 29.4 Å². The topological polar surface area (TPSA) is 54.2 Å². The Morgan fingerprint density at radius 3 is 3.09 bits per heavy atom. The van der Waals surface area contributed by atoms with Crippen molar-refractivity contribution in [3.63, 3.8) is 0 Å². The molecule has 112 valence electrons. The van der Waals surface area contributed by atoms with E-state index in [9.17, 15) is 0 Å². The smallest absolute Gasteiger partial charge is 0.246 e. The third kappa shape index (κ3) is 2.63. The predicted octanol–water partition coefficient (Wildman–Crippen LogP) is 2.91. The molecule has 0 atom stereocenters. The Morgan fingerprint density at radius 2 is 2.18 bits per heavy atom. The average molecular weight is 312 g/mol. The zero-order chi connectivity index (χ0) is 14.8. The molecule has 0 spiro atoms. The van der Waals surface area contributed by atoms with Gasteiger partial charge in [0.1, 0.15) is 0 Å². The summed E-state index contributed by atoms with van der Waals surface area (Å²) in [5.41, 5.74) is 2.54. The van der Waals surface area contributed by atoms with Crippen molar-refractivity contribution in [3.8, 4) is 10.7 Å². The summed E-state index contributed by atoms with van der Waals surface area (Å²) in [6.07, 6.45) is 0. The molecule has 4 rings (SSSR count). The molecule has 1 aliphatic heterocycles. The van der Waals surface area contributed by atoms with Crippen LogP contribution in [0.25, 0.3) is 10.7 Å². The van der Waals surface area contributed by atoms with Crippen LogP contribution in [0, 0.1) is 0 Å². The Hall–Kier alpha value is -2.18. The molecule has 0 aliphatic carbocycles. The number of aromatic nitrogens is 2. The number of hydrogen-bond donors (Lipinski definition) is 1. The van der Waals surface area contributed by atoms with Crippen LogP contribution in [0.15, 0.2) is 46.3 Å². The number of benzene rings is 1. The van der Waals surface area contributed by atoms with Crippen molar-refractivity contribution in [2.45, 2.75) is 13.1 Å². The van der Waals surface area contributed by atoms with Crippen LogP contribution < -0.4 is 10.2 Å². The molecule has 1 N–H and O–H groups in total. The molecule has 0 unspecified atom stereocenters. The molecule has 1 aromatic carbocycles. The SMILES string of the molecule is c1csc(-c2noc(CN3CCNCc4ccccc43)n2)c1. The van der Waals surface area contributed by atoms with E-state index >= 15 is 0 Å². The second kappa shape index (κ2) is 5.90. The summed E-state index contributed by atoms with van der Waals surface area (Å²) in [6, 6.07) is 12.5. The molecule has 0 amide bonds. The van der Waals surface area contributed by atoms with Crippen molar-refractivity contribution in [1.82, 2.24) is 15.5 Å². The minimum Gasteiger partial charge on any atom is -0.361 e. The number of anilines is 1. The molecule has 2 aromatic heterocycles. The van der Waals surface area contributed by atoms with Gasteiger partial charge in [-0.2, -0.15) is 4.98 Å². The summed E-state index contributed by atoms with van der Waals surface area (Å²) in [5, 5.41) is 9.54. The standard InChI is InChI=1S/C16H16N4OS/c1-2-5-13-12(4-1)10-17-7-8-20(13)11-15-18-16(19-21-15)14-6-3-9-22-14/h1-6,9,17H,7-8,10-11H2. The Kier molecular flexibility index (Phi) is 3.62.